The van der Waals surface area contributed by atoms with E-state index in [-0.39, 0.29) is 11.9 Å². The third kappa shape index (κ3) is 5.72. The van der Waals surface area contributed by atoms with E-state index in [1.807, 2.05) is 126 Å². The highest BCUT2D eigenvalue weighted by molar-refractivity contribution is 5.93. The molecule has 1 amide bonds. The number of hydrazine groups is 1. The zero-order chi connectivity index (χ0) is 22.0. The predicted octanol–water partition coefficient (Wildman–Crippen LogP) is 5.63. The predicted molar refractivity (Wildman–Crippen MR) is 128 cm³/mol. The molecule has 0 bridgehead atoms. The van der Waals surface area contributed by atoms with Crippen LogP contribution in [0.5, 0.6) is 0 Å². The normalized spacial score (nSPS) is 11.3. The van der Waals surface area contributed by atoms with Crippen LogP contribution >= 0.6 is 0 Å². The number of nitrogens with one attached hydrogen (secondary N) is 1. The fourth-order valence-electron chi connectivity index (χ4n) is 3.41. The number of amides is 1. The number of nitrogens with zero attached hydrogens (tertiary/aromatic N) is 1. The van der Waals surface area contributed by atoms with Gasteiger partial charge in [0.25, 0.3) is 5.91 Å². The molecule has 0 saturated heterocycles. The number of carbonyl (C=O) groups excluding carboxylic acids is 1. The van der Waals surface area contributed by atoms with Gasteiger partial charge in [0.05, 0.1) is 0 Å². The summed E-state index contributed by atoms with van der Waals surface area (Å²) in [5.41, 5.74) is 6.75. The van der Waals surface area contributed by atoms with Crippen LogP contribution in [0, 0.1) is 11.8 Å². The quantitative estimate of drug-likeness (QED) is 0.326. The molecule has 0 saturated carbocycles. The summed E-state index contributed by atoms with van der Waals surface area (Å²) in [5, 5.41) is 1.91. The van der Waals surface area contributed by atoms with Crippen LogP contribution < -0.4 is 5.43 Å². The zero-order valence-electron chi connectivity index (χ0n) is 17.7. The molecule has 3 heteroatoms. The van der Waals surface area contributed by atoms with E-state index < -0.39 is 0 Å². The Morgan fingerprint density at radius 2 is 1.25 bits per heavy atom. The molecule has 0 spiro atoms. The summed E-state index contributed by atoms with van der Waals surface area (Å²) in [7, 11) is 0. The van der Waals surface area contributed by atoms with Gasteiger partial charge in [-0.3, -0.25) is 10.2 Å². The van der Waals surface area contributed by atoms with E-state index in [0.29, 0.717) is 12.1 Å². The Kier molecular flexibility index (Phi) is 7.10. The van der Waals surface area contributed by atoms with Crippen LogP contribution in [0.3, 0.4) is 0 Å². The summed E-state index contributed by atoms with van der Waals surface area (Å²) >= 11 is 0. The van der Waals surface area contributed by atoms with E-state index in [9.17, 15) is 4.79 Å². The highest BCUT2D eigenvalue weighted by Crippen LogP contribution is 2.21. The molecule has 156 valence electrons. The van der Waals surface area contributed by atoms with Crippen LogP contribution in [0.2, 0.25) is 0 Å². The average Bonchev–Trinajstić information content (AvgIpc) is 2.86. The van der Waals surface area contributed by atoms with Crippen molar-refractivity contribution >= 4 is 5.91 Å². The van der Waals surface area contributed by atoms with Gasteiger partial charge in [0.15, 0.2) is 0 Å². The van der Waals surface area contributed by atoms with Gasteiger partial charge < -0.3 is 0 Å². The minimum absolute atomic E-state index is 0.163. The highest BCUT2D eigenvalue weighted by atomic mass is 16.2. The van der Waals surface area contributed by atoms with E-state index >= 15 is 0 Å². The van der Waals surface area contributed by atoms with Gasteiger partial charge in [-0.25, -0.2) is 0 Å². The first kappa shape index (κ1) is 21.1. The number of carbonyl (C=O) groups is 1. The van der Waals surface area contributed by atoms with Crippen molar-refractivity contribution in [3.8, 4) is 11.8 Å². The lowest BCUT2D eigenvalue weighted by Gasteiger charge is -2.29. The third-order valence-electron chi connectivity index (χ3n) is 5.03. The molecule has 0 aliphatic rings. The lowest BCUT2D eigenvalue weighted by Crippen LogP contribution is -2.43. The van der Waals surface area contributed by atoms with Gasteiger partial charge in [0.1, 0.15) is 6.04 Å². The maximum Gasteiger partial charge on any atom is 0.265 e. The highest BCUT2D eigenvalue weighted by Gasteiger charge is 2.21. The van der Waals surface area contributed by atoms with Crippen molar-refractivity contribution in [2.75, 3.05) is 0 Å². The molecular formula is C29H24N2O. The Bertz CT molecular complexity index is 1180. The van der Waals surface area contributed by atoms with Crippen molar-refractivity contribution < 1.29 is 4.79 Å². The number of rotatable bonds is 6. The molecule has 0 fully saturated rings. The lowest BCUT2D eigenvalue weighted by molar-refractivity contribution is 0.0722. The van der Waals surface area contributed by atoms with Crippen LogP contribution in [-0.2, 0) is 6.54 Å². The smallest absolute Gasteiger partial charge is 0.265 e. The fraction of sp³-hybridized carbons (Fsp3) is 0.0690. The molecule has 4 aromatic carbocycles. The van der Waals surface area contributed by atoms with Crippen LogP contribution in [-0.4, -0.2) is 10.9 Å². The van der Waals surface area contributed by atoms with Gasteiger partial charge in [-0.05, 0) is 35.4 Å². The van der Waals surface area contributed by atoms with Crippen molar-refractivity contribution in [1.82, 2.24) is 10.4 Å². The summed E-state index contributed by atoms with van der Waals surface area (Å²) in [6.45, 7) is 0.516. The van der Waals surface area contributed by atoms with E-state index in [1.54, 1.807) is 0 Å². The van der Waals surface area contributed by atoms with Crippen LogP contribution in [0.1, 0.15) is 33.1 Å². The van der Waals surface area contributed by atoms with Crippen molar-refractivity contribution in [3.05, 3.63) is 144 Å². The van der Waals surface area contributed by atoms with Crippen molar-refractivity contribution in [2.24, 2.45) is 0 Å². The minimum atomic E-state index is -0.329. The van der Waals surface area contributed by atoms with Crippen molar-refractivity contribution in [3.63, 3.8) is 0 Å². The summed E-state index contributed by atoms with van der Waals surface area (Å²) in [6, 6.07) is 38.9. The minimum Gasteiger partial charge on any atom is -0.283 e. The second kappa shape index (κ2) is 10.8. The zero-order valence-corrected chi connectivity index (χ0v) is 17.7. The van der Waals surface area contributed by atoms with E-state index in [0.717, 1.165) is 16.7 Å². The number of benzene rings is 4. The van der Waals surface area contributed by atoms with Crippen LogP contribution in [0.4, 0.5) is 0 Å². The second-order valence-electron chi connectivity index (χ2n) is 7.37. The first-order chi connectivity index (χ1) is 15.8. The van der Waals surface area contributed by atoms with Crippen LogP contribution in [0.15, 0.2) is 121 Å². The fourth-order valence-corrected chi connectivity index (χ4v) is 3.41. The SMILES string of the molecule is O=C(NN(Cc1ccccc1)C(C#Cc1ccccc1)c1ccccc1)c1ccccc1. The monoisotopic (exact) mass is 416 g/mol. The maximum absolute atomic E-state index is 13.1. The van der Waals surface area contributed by atoms with Gasteiger partial charge in [0, 0.05) is 17.7 Å². The van der Waals surface area contributed by atoms with Gasteiger partial charge in [-0.2, -0.15) is 5.01 Å². The van der Waals surface area contributed by atoms with Gasteiger partial charge in [-0.15, -0.1) is 0 Å². The standard InChI is InChI=1S/C29H24N2O/c32-29(27-19-11-4-12-20-27)30-31(23-25-15-7-2-8-16-25)28(26-17-9-3-10-18-26)22-21-24-13-5-1-6-14-24/h1-20,28H,23H2,(H,30,32). The Hall–Kier alpha value is -4.13. The molecule has 0 aromatic heterocycles. The number of hydrogen-bond acceptors (Lipinski definition) is 2. The van der Waals surface area contributed by atoms with Gasteiger partial charge in [0.2, 0.25) is 0 Å². The lowest BCUT2D eigenvalue weighted by atomic mass is 10.1. The van der Waals surface area contributed by atoms with E-state index in [1.165, 1.54) is 0 Å². The largest absolute Gasteiger partial charge is 0.283 e. The van der Waals surface area contributed by atoms with Crippen molar-refractivity contribution in [1.29, 1.82) is 0 Å². The molecule has 3 nitrogen and oxygen atoms in total. The Labute approximate surface area is 189 Å². The molecule has 1 N–H and O–H groups in total. The molecule has 1 atom stereocenters. The first-order valence-corrected chi connectivity index (χ1v) is 10.6. The maximum atomic E-state index is 13.1. The van der Waals surface area contributed by atoms with Gasteiger partial charge in [-0.1, -0.05) is 109 Å². The molecule has 4 aromatic rings. The molecule has 0 aliphatic heterocycles. The second-order valence-corrected chi connectivity index (χ2v) is 7.37. The van der Waals surface area contributed by atoms with Crippen LogP contribution in [0.25, 0.3) is 0 Å². The molecule has 32 heavy (non-hydrogen) atoms. The molecule has 0 radical (unpaired) electrons. The summed E-state index contributed by atoms with van der Waals surface area (Å²) < 4.78 is 0. The molecule has 1 unspecified atom stereocenters. The topological polar surface area (TPSA) is 32.3 Å². The van der Waals surface area contributed by atoms with Gasteiger partial charge >= 0.3 is 0 Å². The van der Waals surface area contributed by atoms with E-state index in [4.69, 9.17) is 0 Å². The Morgan fingerprint density at radius 3 is 1.88 bits per heavy atom. The number of hydrogen-bond donors (Lipinski definition) is 1. The van der Waals surface area contributed by atoms with Crippen molar-refractivity contribution in [2.45, 2.75) is 12.6 Å². The Morgan fingerprint density at radius 1 is 0.719 bits per heavy atom. The molecule has 0 aliphatic carbocycles. The summed E-state index contributed by atoms with van der Waals surface area (Å²) in [6.07, 6.45) is 0. The average molecular weight is 417 g/mol. The third-order valence-corrected chi connectivity index (χ3v) is 5.03. The first-order valence-electron chi connectivity index (χ1n) is 10.6. The summed E-state index contributed by atoms with van der Waals surface area (Å²) in [5.74, 6) is 6.51. The summed E-state index contributed by atoms with van der Waals surface area (Å²) in [4.78, 5) is 13.1. The van der Waals surface area contributed by atoms with E-state index in [2.05, 4.69) is 17.3 Å². The molecular weight excluding hydrogens is 392 g/mol. The Balaban J connectivity index is 1.71. The molecule has 4 rings (SSSR count). The molecule has 0 heterocycles.